The van der Waals surface area contributed by atoms with E-state index >= 15 is 0 Å². The van der Waals surface area contributed by atoms with Crippen molar-refractivity contribution in [3.8, 4) is 0 Å². The van der Waals surface area contributed by atoms with Crippen LogP contribution in [0.1, 0.15) is 51.9 Å². The summed E-state index contributed by atoms with van der Waals surface area (Å²) in [5.41, 5.74) is 0. The fourth-order valence-corrected chi connectivity index (χ4v) is 3.05. The Morgan fingerprint density at radius 2 is 1.82 bits per heavy atom. The van der Waals surface area contributed by atoms with Gasteiger partial charge in [0.25, 0.3) is 0 Å². The second-order valence-electron chi connectivity index (χ2n) is 5.09. The Kier molecular flexibility index (Phi) is 4.02. The van der Waals surface area contributed by atoms with Crippen LogP contribution in [-0.2, 0) is 9.59 Å². The molecule has 0 aromatic carbocycles. The molecule has 1 saturated heterocycles. The molecule has 1 heterocycles. The fourth-order valence-electron chi connectivity index (χ4n) is 3.05. The van der Waals surface area contributed by atoms with E-state index in [1.807, 2.05) is 11.8 Å². The Bertz CT molecular complexity index is 296. The van der Waals surface area contributed by atoms with Crippen molar-refractivity contribution in [1.29, 1.82) is 0 Å². The quantitative estimate of drug-likeness (QED) is 0.740. The highest BCUT2D eigenvalue weighted by atomic mass is 16.2. The van der Waals surface area contributed by atoms with Crippen molar-refractivity contribution in [2.75, 3.05) is 6.54 Å². The first-order valence-corrected chi connectivity index (χ1v) is 6.83. The zero-order valence-electron chi connectivity index (χ0n) is 10.6. The molecule has 1 saturated carbocycles. The van der Waals surface area contributed by atoms with Crippen LogP contribution in [0.25, 0.3) is 0 Å². The van der Waals surface area contributed by atoms with Crippen LogP contribution in [0.4, 0.5) is 0 Å². The van der Waals surface area contributed by atoms with Gasteiger partial charge in [-0.3, -0.25) is 9.59 Å². The molecule has 17 heavy (non-hydrogen) atoms. The highest BCUT2D eigenvalue weighted by Crippen LogP contribution is 2.25. The lowest BCUT2D eigenvalue weighted by Crippen LogP contribution is -2.61. The molecule has 1 atom stereocenters. The first kappa shape index (κ1) is 12.4. The first-order chi connectivity index (χ1) is 8.24. The van der Waals surface area contributed by atoms with Gasteiger partial charge >= 0.3 is 0 Å². The van der Waals surface area contributed by atoms with Gasteiger partial charge in [0.15, 0.2) is 0 Å². The third-order valence-corrected chi connectivity index (χ3v) is 3.95. The number of nitrogens with one attached hydrogen (secondary N) is 1. The van der Waals surface area contributed by atoms with Crippen molar-refractivity contribution >= 4 is 11.8 Å². The molecule has 96 valence electrons. The Labute approximate surface area is 103 Å². The molecular weight excluding hydrogens is 216 g/mol. The summed E-state index contributed by atoms with van der Waals surface area (Å²) in [6.45, 7) is 2.17. The van der Waals surface area contributed by atoms with Crippen molar-refractivity contribution < 1.29 is 9.59 Å². The monoisotopic (exact) mass is 238 g/mol. The number of piperazine rings is 1. The summed E-state index contributed by atoms with van der Waals surface area (Å²) in [6.07, 6.45) is 7.75. The molecule has 0 spiro atoms. The SMILES string of the molecule is CCC1C(=O)NCC(=O)N1C1CCCCCC1. The second-order valence-corrected chi connectivity index (χ2v) is 5.09. The van der Waals surface area contributed by atoms with Gasteiger partial charge in [-0.1, -0.05) is 32.6 Å². The summed E-state index contributed by atoms with van der Waals surface area (Å²) in [7, 11) is 0. The molecule has 4 heteroatoms. The van der Waals surface area contributed by atoms with Crippen molar-refractivity contribution in [2.45, 2.75) is 64.0 Å². The van der Waals surface area contributed by atoms with E-state index in [-0.39, 0.29) is 24.4 Å². The van der Waals surface area contributed by atoms with Crippen molar-refractivity contribution in [3.05, 3.63) is 0 Å². The Morgan fingerprint density at radius 1 is 1.18 bits per heavy atom. The first-order valence-electron chi connectivity index (χ1n) is 6.83. The molecule has 0 radical (unpaired) electrons. The number of amides is 2. The molecule has 1 aliphatic heterocycles. The molecular formula is C13H22N2O2. The molecule has 0 aromatic heterocycles. The summed E-state index contributed by atoms with van der Waals surface area (Å²) < 4.78 is 0. The third-order valence-electron chi connectivity index (χ3n) is 3.95. The van der Waals surface area contributed by atoms with E-state index in [1.54, 1.807) is 0 Å². The zero-order chi connectivity index (χ0) is 12.3. The van der Waals surface area contributed by atoms with E-state index < -0.39 is 0 Å². The van der Waals surface area contributed by atoms with Gasteiger partial charge in [-0.15, -0.1) is 0 Å². The summed E-state index contributed by atoms with van der Waals surface area (Å²) >= 11 is 0. The van der Waals surface area contributed by atoms with Crippen LogP contribution in [0, 0.1) is 0 Å². The topological polar surface area (TPSA) is 49.4 Å². The lowest BCUT2D eigenvalue weighted by atomic mass is 10.0. The molecule has 1 aliphatic carbocycles. The van der Waals surface area contributed by atoms with E-state index in [1.165, 1.54) is 25.7 Å². The zero-order valence-corrected chi connectivity index (χ0v) is 10.6. The van der Waals surface area contributed by atoms with Gasteiger partial charge in [-0.25, -0.2) is 0 Å². The average molecular weight is 238 g/mol. The van der Waals surface area contributed by atoms with Crippen molar-refractivity contribution in [2.24, 2.45) is 0 Å². The molecule has 2 fully saturated rings. The van der Waals surface area contributed by atoms with Crippen LogP contribution in [-0.4, -0.2) is 35.3 Å². The maximum absolute atomic E-state index is 12.0. The molecule has 2 rings (SSSR count). The van der Waals surface area contributed by atoms with Gasteiger partial charge in [0.05, 0.1) is 6.54 Å². The smallest absolute Gasteiger partial charge is 0.243 e. The number of hydrogen-bond acceptors (Lipinski definition) is 2. The van der Waals surface area contributed by atoms with Crippen LogP contribution in [0.2, 0.25) is 0 Å². The second kappa shape index (κ2) is 5.52. The molecule has 0 bridgehead atoms. The predicted molar refractivity (Wildman–Crippen MR) is 65.4 cm³/mol. The molecule has 2 amide bonds. The largest absolute Gasteiger partial charge is 0.345 e. The van der Waals surface area contributed by atoms with Crippen LogP contribution in [0.5, 0.6) is 0 Å². The minimum atomic E-state index is -0.237. The average Bonchev–Trinajstić information content (AvgIpc) is 2.60. The van der Waals surface area contributed by atoms with Gasteiger partial charge in [0.1, 0.15) is 6.04 Å². The lowest BCUT2D eigenvalue weighted by molar-refractivity contribution is -0.148. The standard InChI is InChI=1S/C13H22N2O2/c1-2-11-13(17)14-9-12(16)15(11)10-7-5-3-4-6-8-10/h10-11H,2-9H2,1H3,(H,14,17). The van der Waals surface area contributed by atoms with Gasteiger partial charge in [-0.05, 0) is 19.3 Å². The number of hydrogen-bond donors (Lipinski definition) is 1. The van der Waals surface area contributed by atoms with Crippen LogP contribution in [0.15, 0.2) is 0 Å². The summed E-state index contributed by atoms with van der Waals surface area (Å²) in [4.78, 5) is 25.7. The Morgan fingerprint density at radius 3 is 2.41 bits per heavy atom. The minimum Gasteiger partial charge on any atom is -0.345 e. The maximum atomic E-state index is 12.0. The molecule has 2 aliphatic rings. The number of carbonyl (C=O) groups excluding carboxylic acids is 2. The minimum absolute atomic E-state index is 0.0244. The van der Waals surface area contributed by atoms with E-state index in [0.717, 1.165) is 12.8 Å². The van der Waals surface area contributed by atoms with Gasteiger partial charge in [0.2, 0.25) is 11.8 Å². The molecule has 1 N–H and O–H groups in total. The van der Waals surface area contributed by atoms with E-state index in [4.69, 9.17) is 0 Å². The summed E-state index contributed by atoms with van der Waals surface area (Å²) in [6, 6.07) is 0.0559. The van der Waals surface area contributed by atoms with Crippen LogP contribution >= 0.6 is 0 Å². The highest BCUT2D eigenvalue weighted by Gasteiger charge is 2.37. The number of nitrogens with zero attached hydrogens (tertiary/aromatic N) is 1. The normalized spacial score (nSPS) is 27.8. The Hall–Kier alpha value is -1.06. The van der Waals surface area contributed by atoms with Crippen LogP contribution in [0.3, 0.4) is 0 Å². The molecule has 1 unspecified atom stereocenters. The van der Waals surface area contributed by atoms with Crippen LogP contribution < -0.4 is 5.32 Å². The number of carbonyl (C=O) groups is 2. The Balaban J connectivity index is 2.13. The summed E-state index contributed by atoms with van der Waals surface area (Å²) in [5.74, 6) is 0.125. The van der Waals surface area contributed by atoms with E-state index in [2.05, 4.69) is 5.32 Å². The van der Waals surface area contributed by atoms with Crippen molar-refractivity contribution in [3.63, 3.8) is 0 Å². The van der Waals surface area contributed by atoms with Gasteiger partial charge in [0, 0.05) is 6.04 Å². The third kappa shape index (κ3) is 2.61. The maximum Gasteiger partial charge on any atom is 0.243 e. The fraction of sp³-hybridized carbons (Fsp3) is 0.846. The van der Waals surface area contributed by atoms with Crippen molar-refractivity contribution in [1.82, 2.24) is 10.2 Å². The predicted octanol–water partition coefficient (Wildman–Crippen LogP) is 1.45. The molecule has 4 nitrogen and oxygen atoms in total. The highest BCUT2D eigenvalue weighted by molar-refractivity contribution is 5.94. The van der Waals surface area contributed by atoms with Gasteiger partial charge in [-0.2, -0.15) is 0 Å². The van der Waals surface area contributed by atoms with Gasteiger partial charge < -0.3 is 10.2 Å². The molecule has 0 aromatic rings. The lowest BCUT2D eigenvalue weighted by Gasteiger charge is -2.40. The number of rotatable bonds is 2. The van der Waals surface area contributed by atoms with E-state index in [0.29, 0.717) is 12.5 Å². The van der Waals surface area contributed by atoms with E-state index in [9.17, 15) is 9.59 Å². The summed E-state index contributed by atoms with van der Waals surface area (Å²) in [5, 5.41) is 2.69.